The number of rotatable bonds is 5. The van der Waals surface area contributed by atoms with Crippen LogP contribution in [0.1, 0.15) is 42.9 Å². The number of hydrogen-bond donors (Lipinski definition) is 1. The predicted molar refractivity (Wildman–Crippen MR) is 118 cm³/mol. The summed E-state index contributed by atoms with van der Waals surface area (Å²) in [5.41, 5.74) is 4.68. The van der Waals surface area contributed by atoms with Gasteiger partial charge in [0.1, 0.15) is 0 Å². The summed E-state index contributed by atoms with van der Waals surface area (Å²) in [6, 6.07) is 19.0. The maximum atomic E-state index is 5.75. The molecule has 0 amide bonds. The molecule has 4 nitrogen and oxygen atoms in total. The van der Waals surface area contributed by atoms with Crippen LogP contribution in [0.2, 0.25) is 0 Å². The van der Waals surface area contributed by atoms with Crippen molar-refractivity contribution in [3.63, 3.8) is 0 Å². The number of aryl methyl sites for hydroxylation is 1. The van der Waals surface area contributed by atoms with Gasteiger partial charge < -0.3 is 14.8 Å². The van der Waals surface area contributed by atoms with Crippen molar-refractivity contribution in [2.24, 2.45) is 5.92 Å². The average molecular weight is 391 g/mol. The first kappa shape index (κ1) is 18.7. The minimum atomic E-state index is 0.0186. The highest BCUT2D eigenvalue weighted by Crippen LogP contribution is 2.40. The third kappa shape index (κ3) is 3.42. The summed E-state index contributed by atoms with van der Waals surface area (Å²) in [5, 5.41) is 4.34. The van der Waals surface area contributed by atoms with Crippen molar-refractivity contribution < 1.29 is 0 Å². The lowest BCUT2D eigenvalue weighted by atomic mass is 10.00. The normalized spacial score (nSPS) is 19.3. The van der Waals surface area contributed by atoms with Gasteiger partial charge in [0, 0.05) is 30.3 Å². The molecule has 1 aliphatic heterocycles. The largest absolute Gasteiger partial charge is 0.352 e. The predicted octanol–water partition coefficient (Wildman–Crippen LogP) is 4.81. The van der Waals surface area contributed by atoms with E-state index in [2.05, 4.69) is 89.2 Å². The topological polar surface area (TPSA) is 33.1 Å². The molecular formula is C23H26N4S. The number of pyridine rings is 1. The van der Waals surface area contributed by atoms with E-state index >= 15 is 0 Å². The smallest absolute Gasteiger partial charge is 0.170 e. The molecule has 1 saturated heterocycles. The van der Waals surface area contributed by atoms with Gasteiger partial charge in [-0.15, -0.1) is 0 Å². The van der Waals surface area contributed by atoms with E-state index in [4.69, 9.17) is 12.2 Å². The highest BCUT2D eigenvalue weighted by molar-refractivity contribution is 7.80. The Kier molecular flexibility index (Phi) is 5.18. The molecule has 2 unspecified atom stereocenters. The number of aromatic nitrogens is 2. The molecule has 2 aromatic heterocycles. The van der Waals surface area contributed by atoms with Crippen molar-refractivity contribution in [3.8, 4) is 5.69 Å². The molecule has 1 N–H and O–H groups in total. The van der Waals surface area contributed by atoms with E-state index in [1.165, 1.54) is 16.9 Å². The van der Waals surface area contributed by atoms with Crippen LogP contribution in [0.4, 0.5) is 0 Å². The van der Waals surface area contributed by atoms with Gasteiger partial charge in [-0.2, -0.15) is 0 Å². The molecule has 0 aliphatic carbocycles. The second-order valence-electron chi connectivity index (χ2n) is 7.76. The lowest BCUT2D eigenvalue weighted by molar-refractivity contribution is 0.280. The van der Waals surface area contributed by atoms with Crippen molar-refractivity contribution >= 4 is 17.3 Å². The summed E-state index contributed by atoms with van der Waals surface area (Å²) in [6.45, 7) is 7.51. The van der Waals surface area contributed by atoms with Gasteiger partial charge in [-0.25, -0.2) is 0 Å². The Balaban J connectivity index is 1.83. The first-order valence-corrected chi connectivity index (χ1v) is 10.2. The molecule has 3 heterocycles. The van der Waals surface area contributed by atoms with E-state index < -0.39 is 0 Å². The molecule has 0 spiro atoms. The lowest BCUT2D eigenvalue weighted by Crippen LogP contribution is -2.33. The van der Waals surface area contributed by atoms with Crippen molar-refractivity contribution in [1.82, 2.24) is 19.8 Å². The number of nitrogens with one attached hydrogen (secondary N) is 1. The minimum Gasteiger partial charge on any atom is -0.352 e. The molecule has 1 aliphatic rings. The summed E-state index contributed by atoms with van der Waals surface area (Å²) in [6.07, 6.45) is 3.99. The van der Waals surface area contributed by atoms with Crippen LogP contribution in [-0.2, 0) is 0 Å². The van der Waals surface area contributed by atoms with Crippen LogP contribution in [0.3, 0.4) is 0 Å². The standard InChI is InChI=1S/C23H26N4S/c1-16(2)15-27-22(21(25-23(27)28)18-10-6-7-13-24-18)20-12-8-14-26(20)19-11-5-4-9-17(19)3/h4-14,16,21-22H,15H2,1-3H3,(H,25,28). The van der Waals surface area contributed by atoms with E-state index in [-0.39, 0.29) is 12.1 Å². The fourth-order valence-corrected chi connectivity index (χ4v) is 4.32. The summed E-state index contributed by atoms with van der Waals surface area (Å²) < 4.78 is 2.29. The van der Waals surface area contributed by atoms with Gasteiger partial charge in [0.25, 0.3) is 0 Å². The second kappa shape index (κ2) is 7.76. The number of thiocarbonyl (C=S) groups is 1. The van der Waals surface area contributed by atoms with E-state index in [1.807, 2.05) is 18.3 Å². The Bertz CT molecular complexity index is 963. The second-order valence-corrected chi connectivity index (χ2v) is 8.15. The number of benzene rings is 1. The van der Waals surface area contributed by atoms with E-state index in [0.29, 0.717) is 5.92 Å². The van der Waals surface area contributed by atoms with Crippen LogP contribution in [0.5, 0.6) is 0 Å². The molecule has 0 bridgehead atoms. The van der Waals surface area contributed by atoms with Crippen molar-refractivity contribution in [1.29, 1.82) is 0 Å². The van der Waals surface area contributed by atoms with Crippen molar-refractivity contribution in [3.05, 3.63) is 83.9 Å². The SMILES string of the molecule is Cc1ccccc1-n1cccc1C1C(c2ccccn2)NC(=S)N1CC(C)C. The van der Waals surface area contributed by atoms with Gasteiger partial charge in [0.2, 0.25) is 0 Å². The quantitative estimate of drug-likeness (QED) is 0.634. The van der Waals surface area contributed by atoms with Gasteiger partial charge in [0.05, 0.1) is 17.8 Å². The van der Waals surface area contributed by atoms with E-state index in [9.17, 15) is 0 Å². The zero-order chi connectivity index (χ0) is 19.7. The molecule has 1 fully saturated rings. The first-order valence-electron chi connectivity index (χ1n) is 9.77. The first-order chi connectivity index (χ1) is 13.6. The summed E-state index contributed by atoms with van der Waals surface area (Å²) >= 11 is 5.75. The molecule has 2 atom stereocenters. The Morgan fingerprint density at radius 3 is 2.57 bits per heavy atom. The molecule has 28 heavy (non-hydrogen) atoms. The molecular weight excluding hydrogens is 364 g/mol. The maximum absolute atomic E-state index is 5.75. The third-order valence-electron chi connectivity index (χ3n) is 5.22. The van der Waals surface area contributed by atoms with Gasteiger partial charge in [-0.05, 0) is 61.0 Å². The van der Waals surface area contributed by atoms with Crippen LogP contribution in [0.25, 0.3) is 5.69 Å². The fourth-order valence-electron chi connectivity index (χ4n) is 4.01. The Morgan fingerprint density at radius 1 is 1.07 bits per heavy atom. The average Bonchev–Trinajstić information content (AvgIpc) is 3.27. The molecule has 1 aromatic carbocycles. The monoisotopic (exact) mass is 390 g/mol. The highest BCUT2D eigenvalue weighted by atomic mass is 32.1. The molecule has 4 rings (SSSR count). The summed E-state index contributed by atoms with van der Waals surface area (Å²) in [4.78, 5) is 6.95. The third-order valence-corrected chi connectivity index (χ3v) is 5.57. The minimum absolute atomic E-state index is 0.0186. The van der Waals surface area contributed by atoms with Crippen molar-refractivity contribution in [2.45, 2.75) is 32.9 Å². The van der Waals surface area contributed by atoms with Crippen LogP contribution >= 0.6 is 12.2 Å². The molecule has 144 valence electrons. The zero-order valence-electron chi connectivity index (χ0n) is 16.5. The van der Waals surface area contributed by atoms with E-state index in [1.54, 1.807) is 0 Å². The van der Waals surface area contributed by atoms with Gasteiger partial charge in [-0.3, -0.25) is 4.98 Å². The number of hydrogen-bond acceptors (Lipinski definition) is 2. The van der Waals surface area contributed by atoms with Crippen molar-refractivity contribution in [2.75, 3.05) is 6.54 Å². The zero-order valence-corrected chi connectivity index (χ0v) is 17.4. The summed E-state index contributed by atoms with van der Waals surface area (Å²) in [7, 11) is 0. The highest BCUT2D eigenvalue weighted by Gasteiger charge is 2.41. The Hall–Kier alpha value is -2.66. The van der Waals surface area contributed by atoms with Gasteiger partial charge in [-0.1, -0.05) is 38.1 Å². The Labute approximate surface area is 172 Å². The van der Waals surface area contributed by atoms with Gasteiger partial charge >= 0.3 is 0 Å². The molecule has 3 aromatic rings. The van der Waals surface area contributed by atoms with Crippen LogP contribution < -0.4 is 5.32 Å². The molecule has 0 radical (unpaired) electrons. The number of para-hydroxylation sites is 1. The Morgan fingerprint density at radius 2 is 1.86 bits per heavy atom. The molecule has 0 saturated carbocycles. The van der Waals surface area contributed by atoms with E-state index in [0.717, 1.165) is 17.4 Å². The van der Waals surface area contributed by atoms with Crippen LogP contribution in [0, 0.1) is 12.8 Å². The maximum Gasteiger partial charge on any atom is 0.170 e. The fraction of sp³-hybridized carbons (Fsp3) is 0.304. The number of nitrogens with zero attached hydrogens (tertiary/aromatic N) is 3. The van der Waals surface area contributed by atoms with Crippen LogP contribution in [0.15, 0.2) is 67.0 Å². The van der Waals surface area contributed by atoms with Gasteiger partial charge in [0.15, 0.2) is 5.11 Å². The lowest BCUT2D eigenvalue weighted by Gasteiger charge is -2.30. The molecule has 5 heteroatoms. The summed E-state index contributed by atoms with van der Waals surface area (Å²) in [5.74, 6) is 0.506. The van der Waals surface area contributed by atoms with Crippen LogP contribution in [-0.4, -0.2) is 26.1 Å².